The molecule has 1 amide bonds. The van der Waals surface area contributed by atoms with E-state index in [0.717, 1.165) is 11.3 Å². The quantitative estimate of drug-likeness (QED) is 0.327. The molecule has 2 N–H and O–H groups in total. The van der Waals surface area contributed by atoms with Crippen molar-refractivity contribution in [2.75, 3.05) is 25.6 Å². The van der Waals surface area contributed by atoms with Crippen molar-refractivity contribution in [3.8, 4) is 5.69 Å². The molecule has 0 radical (unpaired) electrons. The van der Waals surface area contributed by atoms with Crippen LogP contribution in [0.1, 0.15) is 15.9 Å². The molecule has 3 rings (SSSR count). The summed E-state index contributed by atoms with van der Waals surface area (Å²) in [5, 5.41) is 21.2. The van der Waals surface area contributed by atoms with Crippen LogP contribution in [0.15, 0.2) is 60.9 Å². The number of rotatable bonds is 9. The Hall–Kier alpha value is -3.72. The van der Waals surface area contributed by atoms with E-state index >= 15 is 0 Å². The molecule has 0 aliphatic carbocycles. The van der Waals surface area contributed by atoms with E-state index in [0.29, 0.717) is 25.4 Å². The number of anilines is 1. The second-order valence-corrected chi connectivity index (χ2v) is 6.21. The third-order valence-electron chi connectivity index (χ3n) is 4.24. The Bertz CT molecular complexity index is 971. The van der Waals surface area contributed by atoms with Gasteiger partial charge in [-0.25, -0.2) is 4.68 Å². The Kier molecular flexibility index (Phi) is 6.54. The molecule has 150 valence electrons. The highest BCUT2D eigenvalue weighted by atomic mass is 16.6. The Morgan fingerprint density at radius 2 is 2.03 bits per heavy atom. The van der Waals surface area contributed by atoms with Gasteiger partial charge in [0.25, 0.3) is 11.6 Å². The second-order valence-electron chi connectivity index (χ2n) is 6.21. The van der Waals surface area contributed by atoms with Gasteiger partial charge in [0.1, 0.15) is 5.69 Å². The third kappa shape index (κ3) is 5.17. The molecular formula is C20H21N5O4. The number of nitrogens with one attached hydrogen (secondary N) is 2. The van der Waals surface area contributed by atoms with E-state index in [9.17, 15) is 14.9 Å². The molecule has 0 atom stereocenters. The lowest BCUT2D eigenvalue weighted by Gasteiger charge is -2.09. The van der Waals surface area contributed by atoms with Crippen molar-refractivity contribution < 1.29 is 14.5 Å². The van der Waals surface area contributed by atoms with Crippen LogP contribution in [-0.2, 0) is 11.3 Å². The first-order valence-corrected chi connectivity index (χ1v) is 8.97. The van der Waals surface area contributed by atoms with Crippen molar-refractivity contribution in [3.63, 3.8) is 0 Å². The summed E-state index contributed by atoms with van der Waals surface area (Å²) in [5.41, 5.74) is 2.23. The standard InChI is InChI=1S/C20H21N5O4/c1-29-12-10-21-18-8-5-16(13-19(18)25(27)28)20(26)22-14-15-3-6-17(7-4-15)24-11-2-9-23-24/h2-9,11,13,21H,10,12,14H2,1H3,(H,22,26). The maximum atomic E-state index is 12.4. The molecule has 0 aliphatic heterocycles. The predicted octanol–water partition coefficient (Wildman–Crippen LogP) is 2.77. The molecule has 0 fully saturated rings. The molecule has 0 bridgehead atoms. The van der Waals surface area contributed by atoms with Crippen LogP contribution in [0.2, 0.25) is 0 Å². The van der Waals surface area contributed by atoms with Crippen LogP contribution in [0.3, 0.4) is 0 Å². The van der Waals surface area contributed by atoms with Gasteiger partial charge in [-0.05, 0) is 35.9 Å². The van der Waals surface area contributed by atoms with Gasteiger partial charge in [-0.2, -0.15) is 5.10 Å². The fraction of sp³-hybridized carbons (Fsp3) is 0.200. The average Bonchev–Trinajstić information content (AvgIpc) is 3.27. The number of nitro groups is 1. The summed E-state index contributed by atoms with van der Waals surface area (Å²) >= 11 is 0. The first-order valence-electron chi connectivity index (χ1n) is 8.97. The highest BCUT2D eigenvalue weighted by Gasteiger charge is 2.17. The maximum absolute atomic E-state index is 12.4. The van der Waals surface area contributed by atoms with Gasteiger partial charge in [-0.15, -0.1) is 0 Å². The summed E-state index contributed by atoms with van der Waals surface area (Å²) in [6.45, 7) is 1.15. The number of ether oxygens (including phenoxy) is 1. The van der Waals surface area contributed by atoms with Crippen LogP contribution in [-0.4, -0.2) is 40.9 Å². The van der Waals surface area contributed by atoms with Crippen molar-refractivity contribution in [2.24, 2.45) is 0 Å². The molecule has 1 aromatic heterocycles. The highest BCUT2D eigenvalue weighted by Crippen LogP contribution is 2.25. The molecule has 29 heavy (non-hydrogen) atoms. The lowest BCUT2D eigenvalue weighted by molar-refractivity contribution is -0.384. The summed E-state index contributed by atoms with van der Waals surface area (Å²) in [6.07, 6.45) is 3.54. The molecule has 1 heterocycles. The van der Waals surface area contributed by atoms with E-state index in [1.165, 1.54) is 12.1 Å². The second kappa shape index (κ2) is 9.47. The fourth-order valence-electron chi connectivity index (χ4n) is 2.73. The van der Waals surface area contributed by atoms with Crippen molar-refractivity contribution in [1.82, 2.24) is 15.1 Å². The van der Waals surface area contributed by atoms with E-state index in [-0.39, 0.29) is 17.2 Å². The number of benzene rings is 2. The zero-order chi connectivity index (χ0) is 20.6. The molecule has 0 unspecified atom stereocenters. The average molecular weight is 395 g/mol. The molecule has 0 spiro atoms. The van der Waals surface area contributed by atoms with Crippen molar-refractivity contribution in [3.05, 3.63) is 82.2 Å². The Balaban J connectivity index is 1.64. The number of carbonyl (C=O) groups is 1. The van der Waals surface area contributed by atoms with Gasteiger partial charge in [-0.3, -0.25) is 14.9 Å². The van der Waals surface area contributed by atoms with Crippen LogP contribution in [0.4, 0.5) is 11.4 Å². The number of nitrogens with zero attached hydrogens (tertiary/aromatic N) is 3. The van der Waals surface area contributed by atoms with E-state index < -0.39 is 4.92 Å². The smallest absolute Gasteiger partial charge is 0.293 e. The summed E-state index contributed by atoms with van der Waals surface area (Å²) < 4.78 is 6.67. The van der Waals surface area contributed by atoms with Gasteiger partial charge in [0.05, 0.1) is 17.2 Å². The zero-order valence-corrected chi connectivity index (χ0v) is 15.9. The van der Waals surface area contributed by atoms with Crippen LogP contribution < -0.4 is 10.6 Å². The summed E-state index contributed by atoms with van der Waals surface area (Å²) in [5.74, 6) is -0.382. The Labute approximate surface area is 167 Å². The van der Waals surface area contributed by atoms with Gasteiger partial charge < -0.3 is 15.4 Å². The van der Waals surface area contributed by atoms with Gasteiger partial charge in [-0.1, -0.05) is 12.1 Å². The van der Waals surface area contributed by atoms with Crippen LogP contribution >= 0.6 is 0 Å². The largest absolute Gasteiger partial charge is 0.383 e. The first kappa shape index (κ1) is 20.0. The maximum Gasteiger partial charge on any atom is 0.293 e. The van der Waals surface area contributed by atoms with Crippen molar-refractivity contribution in [1.29, 1.82) is 0 Å². The number of hydrogen-bond donors (Lipinski definition) is 2. The first-order chi connectivity index (χ1) is 14.1. The van der Waals surface area contributed by atoms with Gasteiger partial charge in [0.2, 0.25) is 0 Å². The molecule has 0 saturated heterocycles. The topological polar surface area (TPSA) is 111 Å². The molecule has 9 heteroatoms. The van der Waals surface area contributed by atoms with E-state index in [1.54, 1.807) is 24.1 Å². The summed E-state index contributed by atoms with van der Waals surface area (Å²) in [4.78, 5) is 23.2. The number of hydrogen-bond acceptors (Lipinski definition) is 6. The molecule has 0 saturated carbocycles. The zero-order valence-electron chi connectivity index (χ0n) is 15.9. The fourth-order valence-corrected chi connectivity index (χ4v) is 2.73. The lowest BCUT2D eigenvalue weighted by Crippen LogP contribution is -2.23. The highest BCUT2D eigenvalue weighted by molar-refractivity contribution is 5.95. The van der Waals surface area contributed by atoms with Crippen molar-refractivity contribution >= 4 is 17.3 Å². The SMILES string of the molecule is COCCNc1ccc(C(=O)NCc2ccc(-n3cccn3)cc2)cc1[N+](=O)[O-]. The monoisotopic (exact) mass is 395 g/mol. The number of carbonyl (C=O) groups excluding carboxylic acids is 1. The van der Waals surface area contributed by atoms with E-state index in [2.05, 4.69) is 15.7 Å². The number of aromatic nitrogens is 2. The van der Waals surface area contributed by atoms with E-state index in [4.69, 9.17) is 4.74 Å². The van der Waals surface area contributed by atoms with Crippen molar-refractivity contribution in [2.45, 2.75) is 6.54 Å². The number of amides is 1. The minimum absolute atomic E-state index is 0.155. The molecule has 0 aliphatic rings. The molecule has 9 nitrogen and oxygen atoms in total. The Morgan fingerprint density at radius 3 is 2.69 bits per heavy atom. The summed E-state index contributed by atoms with van der Waals surface area (Å²) in [7, 11) is 1.55. The molecular weight excluding hydrogens is 374 g/mol. The summed E-state index contributed by atoms with van der Waals surface area (Å²) in [6, 6.07) is 13.8. The molecule has 2 aromatic carbocycles. The lowest BCUT2D eigenvalue weighted by atomic mass is 10.1. The minimum Gasteiger partial charge on any atom is -0.383 e. The van der Waals surface area contributed by atoms with Crippen LogP contribution in [0.5, 0.6) is 0 Å². The van der Waals surface area contributed by atoms with Gasteiger partial charge in [0.15, 0.2) is 0 Å². The van der Waals surface area contributed by atoms with Crippen LogP contribution in [0.25, 0.3) is 5.69 Å². The minimum atomic E-state index is -0.514. The third-order valence-corrected chi connectivity index (χ3v) is 4.24. The van der Waals surface area contributed by atoms with E-state index in [1.807, 2.05) is 36.5 Å². The van der Waals surface area contributed by atoms with Gasteiger partial charge >= 0.3 is 0 Å². The Morgan fingerprint density at radius 1 is 1.24 bits per heavy atom. The normalized spacial score (nSPS) is 10.5. The number of nitro benzene ring substituents is 1. The molecule has 3 aromatic rings. The van der Waals surface area contributed by atoms with Crippen LogP contribution in [0, 0.1) is 10.1 Å². The van der Waals surface area contributed by atoms with Gasteiger partial charge in [0, 0.05) is 44.2 Å². The predicted molar refractivity (Wildman–Crippen MR) is 108 cm³/mol. The number of methoxy groups -OCH3 is 1.